The maximum atomic E-state index is 6.50. The van der Waals surface area contributed by atoms with Crippen LogP contribution in [0.3, 0.4) is 0 Å². The maximum absolute atomic E-state index is 6.50. The van der Waals surface area contributed by atoms with Gasteiger partial charge in [0.1, 0.15) is 0 Å². The van der Waals surface area contributed by atoms with E-state index in [1.54, 1.807) is 10.6 Å². The van der Waals surface area contributed by atoms with Gasteiger partial charge in [-0.15, -0.1) is 17.7 Å². The van der Waals surface area contributed by atoms with E-state index in [-0.39, 0.29) is 25.5 Å². The summed E-state index contributed by atoms with van der Waals surface area (Å²) in [6.07, 6.45) is 5.04. The third kappa shape index (κ3) is 9.37. The van der Waals surface area contributed by atoms with Crippen molar-refractivity contribution in [3.63, 3.8) is 0 Å². The number of hydrogen-bond donors (Lipinski definition) is 0. The van der Waals surface area contributed by atoms with E-state index in [0.29, 0.717) is 11.6 Å². The Hall–Kier alpha value is -5.92. The maximum Gasteiger partial charge on any atom is 0.216 e. The molecule has 0 N–H and O–H groups in total. The van der Waals surface area contributed by atoms with Crippen LogP contribution in [-0.4, -0.2) is 32.8 Å². The van der Waals surface area contributed by atoms with Crippen LogP contribution in [0.25, 0.3) is 83.7 Å². The van der Waals surface area contributed by atoms with Crippen molar-refractivity contribution < 1.29 is 24.5 Å². The van der Waals surface area contributed by atoms with E-state index in [9.17, 15) is 0 Å². The molecule has 10 rings (SSSR count). The summed E-state index contributed by atoms with van der Waals surface area (Å²) >= 11 is -1.86. The molecule has 333 valence electrons. The first kappa shape index (κ1) is 46.6. The number of aryl methyl sites for hydroxylation is 1. The molecule has 6 aromatic carbocycles. The summed E-state index contributed by atoms with van der Waals surface area (Å²) in [5.74, 6) is 8.77. The minimum atomic E-state index is -1.86. The van der Waals surface area contributed by atoms with Crippen molar-refractivity contribution in [3.8, 4) is 50.6 Å². The van der Waals surface area contributed by atoms with Crippen molar-refractivity contribution in [2.45, 2.75) is 70.6 Å². The van der Waals surface area contributed by atoms with Crippen LogP contribution in [0.1, 0.15) is 51.3 Å². The summed E-state index contributed by atoms with van der Waals surface area (Å²) in [5.41, 5.74) is 15.7. The van der Waals surface area contributed by atoms with Gasteiger partial charge in [0.05, 0.1) is 28.1 Å². The number of rotatable bonds is 8. The van der Waals surface area contributed by atoms with Gasteiger partial charge in [-0.3, -0.25) is 4.98 Å². The fraction of sp³-hybridized carbons (Fsp3) is 0.203. The number of furan rings is 1. The number of pyridine rings is 2. The Kier molecular flexibility index (Phi) is 13.5. The van der Waals surface area contributed by atoms with Gasteiger partial charge in [0.15, 0.2) is 0 Å². The zero-order chi connectivity index (χ0) is 45.5. The van der Waals surface area contributed by atoms with E-state index in [4.69, 9.17) is 14.4 Å². The number of benzene rings is 6. The molecule has 10 aromatic rings. The first-order chi connectivity index (χ1) is 31.3. The van der Waals surface area contributed by atoms with Crippen LogP contribution < -0.4 is 4.40 Å². The molecule has 0 amide bonds. The molecule has 0 saturated carbocycles. The monoisotopic (exact) mass is 1100 g/mol. The molecule has 0 saturated heterocycles. The molecule has 0 fully saturated rings. The predicted octanol–water partition coefficient (Wildman–Crippen LogP) is 15.0. The normalized spacial score (nSPS) is 11.8. The number of fused-ring (bicyclic) bond motifs is 4. The van der Waals surface area contributed by atoms with Gasteiger partial charge in [0, 0.05) is 42.8 Å². The van der Waals surface area contributed by atoms with Crippen LogP contribution in [0.4, 0.5) is 0 Å². The van der Waals surface area contributed by atoms with Gasteiger partial charge in [0.25, 0.3) is 0 Å². The van der Waals surface area contributed by atoms with Crippen LogP contribution in [-0.2, 0) is 31.9 Å². The van der Waals surface area contributed by atoms with E-state index in [0.717, 1.165) is 90.0 Å². The molecule has 0 aliphatic carbocycles. The summed E-state index contributed by atoms with van der Waals surface area (Å²) < 4.78 is 10.4. The molecule has 0 unspecified atom stereocenters. The van der Waals surface area contributed by atoms with Crippen LogP contribution in [0.15, 0.2) is 162 Å². The summed E-state index contributed by atoms with van der Waals surface area (Å²) in [4.78, 5) is 14.6. The van der Waals surface area contributed by atoms with Crippen molar-refractivity contribution in [1.29, 1.82) is 0 Å². The van der Waals surface area contributed by atoms with Crippen molar-refractivity contribution >= 4 is 50.8 Å². The first-order valence-corrected chi connectivity index (χ1v) is 30.0. The van der Waals surface area contributed by atoms with Crippen LogP contribution in [0.5, 0.6) is 0 Å². The van der Waals surface area contributed by atoms with Gasteiger partial charge in [0.2, 0.25) is 5.71 Å². The number of hydrogen-bond acceptors (Lipinski definition) is 4. The van der Waals surface area contributed by atoms with Crippen molar-refractivity contribution in [2.75, 3.05) is 0 Å². The number of nitrogens with zero attached hydrogens (tertiary/aromatic N) is 4. The molecule has 4 heterocycles. The number of imidazole rings is 1. The molecule has 0 aliphatic rings. The fourth-order valence-electron chi connectivity index (χ4n) is 8.87. The third-order valence-corrected chi connectivity index (χ3v) is 16.4. The quantitative estimate of drug-likeness (QED) is 0.112. The molecular weight excluding hydrogens is 1050 g/mol. The number of aromatic nitrogens is 4. The van der Waals surface area contributed by atoms with Crippen LogP contribution in [0.2, 0.25) is 17.3 Å². The van der Waals surface area contributed by atoms with Crippen molar-refractivity contribution in [2.24, 2.45) is 5.92 Å². The second kappa shape index (κ2) is 19.1. The largest absolute Gasteiger partial charge is 0.486 e. The SMILES string of the molecule is CC(C)Cc1cc(-c2[c-]cccc2)nc[c]1[Ge]([CH3])([CH3])[CH3].Cc1c[c-]c(-c2nc3ccccc3n2-c2c(-c3ccccc3)cc(C(C)(C)C)cc2-c2ccccc2)c2oc3ncccc3c12.[Ir]. The third-order valence-electron chi connectivity index (χ3n) is 12.1. The van der Waals surface area contributed by atoms with Gasteiger partial charge in [-0.1, -0.05) is 111 Å². The average Bonchev–Trinajstić information content (AvgIpc) is 3.89. The standard InChI is InChI=1S/C41H32N3O.C18H24GeN.Ir/c1-26-21-22-31(38-36(26)30-18-13-23-42-40(30)45-38)39-43-34-19-11-12-20-35(34)44(39)37-32(27-14-7-5-8-15-27)24-29(41(2,3)4)25-33(37)28-16-9-6-10-17-28;1-14(2)11-16-12-18(15-9-7-6-8-10-15)20-13-17(16)19(3,4)5;/h5-21,23-25H,1-4H3;6-9,12-14H,11H2,1-5H3;/q2*-1;. The molecule has 1 radical (unpaired) electrons. The van der Waals surface area contributed by atoms with E-state index in [1.165, 1.54) is 11.1 Å². The Morgan fingerprint density at radius 2 is 1.39 bits per heavy atom. The molecule has 4 aromatic heterocycles. The van der Waals surface area contributed by atoms with E-state index >= 15 is 0 Å². The van der Waals surface area contributed by atoms with Crippen LogP contribution >= 0.6 is 0 Å². The van der Waals surface area contributed by atoms with Gasteiger partial charge in [-0.2, -0.15) is 0 Å². The van der Waals surface area contributed by atoms with Gasteiger partial charge in [-0.05, 0) is 58.5 Å². The second-order valence-corrected chi connectivity index (χ2v) is 30.1. The summed E-state index contributed by atoms with van der Waals surface area (Å²) in [7, 11) is 0. The predicted molar refractivity (Wildman–Crippen MR) is 275 cm³/mol. The zero-order valence-corrected chi connectivity index (χ0v) is 43.8. The molecule has 0 atom stereocenters. The fourth-order valence-corrected chi connectivity index (χ4v) is 12.2. The van der Waals surface area contributed by atoms with Gasteiger partial charge >= 0.3 is 126 Å². The summed E-state index contributed by atoms with van der Waals surface area (Å²) in [5, 5.41) is 2.03. The molecule has 0 bridgehead atoms. The minimum absolute atomic E-state index is 0. The molecule has 7 heteroatoms. The minimum Gasteiger partial charge on any atom is -0.486 e. The van der Waals surface area contributed by atoms with E-state index in [2.05, 4.69) is 196 Å². The van der Waals surface area contributed by atoms with E-state index in [1.807, 2.05) is 36.4 Å². The molecule has 66 heavy (non-hydrogen) atoms. The first-order valence-electron chi connectivity index (χ1n) is 22.7. The molecular formula is C59H56GeIrN4O-2. The smallest absolute Gasteiger partial charge is 0.216 e. The Morgan fingerprint density at radius 3 is 2.02 bits per heavy atom. The second-order valence-electron chi connectivity index (χ2n) is 19.5. The zero-order valence-electron chi connectivity index (χ0n) is 39.3. The Morgan fingerprint density at radius 1 is 0.742 bits per heavy atom. The summed E-state index contributed by atoms with van der Waals surface area (Å²) in [6, 6.07) is 57.7. The van der Waals surface area contributed by atoms with Crippen molar-refractivity contribution in [3.05, 3.63) is 187 Å². The van der Waals surface area contributed by atoms with Crippen molar-refractivity contribution in [1.82, 2.24) is 19.5 Å². The average molecular weight is 1100 g/mol. The van der Waals surface area contributed by atoms with Crippen LogP contribution in [0, 0.1) is 25.0 Å². The van der Waals surface area contributed by atoms with Gasteiger partial charge in [-0.25, -0.2) is 4.98 Å². The van der Waals surface area contributed by atoms with E-state index < -0.39 is 13.3 Å². The molecule has 0 spiro atoms. The number of para-hydroxylation sites is 2. The molecule has 5 nitrogen and oxygen atoms in total. The van der Waals surface area contributed by atoms with Gasteiger partial charge < -0.3 is 8.98 Å². The Balaban J connectivity index is 0.000000238. The topological polar surface area (TPSA) is 56.7 Å². The molecule has 0 aliphatic heterocycles. The summed E-state index contributed by atoms with van der Waals surface area (Å²) in [6.45, 7) is 13.5. The Bertz CT molecular complexity index is 3230. The Labute approximate surface area is 406 Å².